The van der Waals surface area contributed by atoms with Crippen LogP contribution in [-0.4, -0.2) is 21.1 Å². The van der Waals surface area contributed by atoms with Gasteiger partial charge in [0.2, 0.25) is 0 Å². The molecule has 1 amide bonds. The first-order chi connectivity index (χ1) is 9.88. The average molecular weight is 367 g/mol. The minimum Gasteiger partial charge on any atom is -0.508 e. The molecule has 0 saturated heterocycles. The maximum Gasteiger partial charge on any atom is 0.259 e. The summed E-state index contributed by atoms with van der Waals surface area (Å²) in [6.45, 7) is 0. The highest BCUT2D eigenvalue weighted by Crippen LogP contribution is 2.26. The molecule has 21 heavy (non-hydrogen) atoms. The number of hydrogen-bond donors (Lipinski definition) is 4. The molecular formula is C14H11BrN2O3S. The number of phenolic OH excluding ortho intramolecular Hbond substituents is 2. The van der Waals surface area contributed by atoms with E-state index in [0.717, 1.165) is 4.47 Å². The Morgan fingerprint density at radius 2 is 1.86 bits per heavy atom. The van der Waals surface area contributed by atoms with Crippen LogP contribution in [0, 0.1) is 0 Å². The van der Waals surface area contributed by atoms with Gasteiger partial charge in [0.25, 0.3) is 5.91 Å². The summed E-state index contributed by atoms with van der Waals surface area (Å²) in [7, 11) is 0. The van der Waals surface area contributed by atoms with Crippen LogP contribution in [0.5, 0.6) is 11.5 Å². The van der Waals surface area contributed by atoms with Gasteiger partial charge < -0.3 is 21.3 Å². The first-order valence-electron chi connectivity index (χ1n) is 5.81. The summed E-state index contributed by atoms with van der Waals surface area (Å²) in [6.07, 6.45) is 0. The molecule has 0 bridgehead atoms. The zero-order chi connectivity index (χ0) is 15.6. The molecule has 2 aromatic rings. The Balaban J connectivity index is 2.38. The lowest BCUT2D eigenvalue weighted by atomic mass is 10.1. The fourth-order valence-corrected chi connectivity index (χ4v) is 2.27. The Morgan fingerprint density at radius 3 is 2.52 bits per heavy atom. The van der Waals surface area contributed by atoms with Gasteiger partial charge in [-0.05, 0) is 36.4 Å². The quantitative estimate of drug-likeness (QED) is 0.494. The van der Waals surface area contributed by atoms with E-state index in [-0.39, 0.29) is 22.1 Å². The molecule has 0 saturated carbocycles. The molecule has 0 aliphatic carbocycles. The predicted octanol–water partition coefficient (Wildman–Crippen LogP) is 2.75. The van der Waals surface area contributed by atoms with Crippen LogP contribution in [0.1, 0.15) is 15.9 Å². The van der Waals surface area contributed by atoms with Crippen LogP contribution >= 0.6 is 28.1 Å². The van der Waals surface area contributed by atoms with Crippen molar-refractivity contribution in [3.63, 3.8) is 0 Å². The third kappa shape index (κ3) is 3.50. The minimum absolute atomic E-state index is 0.0520. The smallest absolute Gasteiger partial charge is 0.259 e. The molecule has 5 nitrogen and oxygen atoms in total. The van der Waals surface area contributed by atoms with E-state index in [0.29, 0.717) is 11.3 Å². The number of nitrogens with one attached hydrogen (secondary N) is 1. The van der Waals surface area contributed by atoms with Gasteiger partial charge in [-0.2, -0.15) is 0 Å². The fraction of sp³-hybridized carbons (Fsp3) is 0. The summed E-state index contributed by atoms with van der Waals surface area (Å²) >= 11 is 8.22. The number of hydrogen-bond acceptors (Lipinski definition) is 4. The molecule has 108 valence electrons. The van der Waals surface area contributed by atoms with Crippen LogP contribution in [0.3, 0.4) is 0 Å². The lowest BCUT2D eigenvalue weighted by molar-refractivity contribution is 0.102. The monoisotopic (exact) mass is 366 g/mol. The SMILES string of the molecule is NC(=S)c1ccc(Br)cc1NC(=O)c1cc(O)ccc1O. The number of thiocarbonyl (C=S) groups is 1. The highest BCUT2D eigenvalue weighted by molar-refractivity contribution is 9.10. The van der Waals surface area contributed by atoms with Gasteiger partial charge >= 0.3 is 0 Å². The van der Waals surface area contributed by atoms with Crippen molar-refractivity contribution in [1.29, 1.82) is 0 Å². The number of amides is 1. The highest BCUT2D eigenvalue weighted by Gasteiger charge is 2.15. The Kier molecular flexibility index (Phi) is 4.44. The maximum absolute atomic E-state index is 12.2. The molecule has 2 rings (SSSR count). The largest absolute Gasteiger partial charge is 0.508 e. The van der Waals surface area contributed by atoms with Crippen LogP contribution in [-0.2, 0) is 0 Å². The number of phenols is 2. The van der Waals surface area contributed by atoms with Gasteiger partial charge in [-0.25, -0.2) is 0 Å². The summed E-state index contributed by atoms with van der Waals surface area (Å²) in [5, 5.41) is 21.7. The molecule has 0 unspecified atom stereocenters. The van der Waals surface area contributed by atoms with E-state index in [1.807, 2.05) is 0 Å². The maximum atomic E-state index is 12.2. The van der Waals surface area contributed by atoms with Crippen LogP contribution < -0.4 is 11.1 Å². The van der Waals surface area contributed by atoms with Gasteiger partial charge in [0.15, 0.2) is 0 Å². The highest BCUT2D eigenvalue weighted by atomic mass is 79.9. The number of aromatic hydroxyl groups is 2. The molecule has 7 heteroatoms. The summed E-state index contributed by atoms with van der Waals surface area (Å²) in [5.74, 6) is -0.946. The Labute approximate surface area is 134 Å². The summed E-state index contributed by atoms with van der Waals surface area (Å²) < 4.78 is 0.734. The Morgan fingerprint density at radius 1 is 1.14 bits per heavy atom. The lowest BCUT2D eigenvalue weighted by Crippen LogP contribution is -2.17. The molecule has 0 radical (unpaired) electrons. The van der Waals surface area contributed by atoms with Gasteiger partial charge in [0.1, 0.15) is 16.5 Å². The topological polar surface area (TPSA) is 95.6 Å². The van der Waals surface area contributed by atoms with Crippen LogP contribution in [0.25, 0.3) is 0 Å². The molecule has 0 aliphatic rings. The van der Waals surface area contributed by atoms with E-state index in [1.54, 1.807) is 18.2 Å². The molecule has 0 fully saturated rings. The van der Waals surface area contributed by atoms with Crippen molar-refractivity contribution in [1.82, 2.24) is 0 Å². The van der Waals surface area contributed by atoms with Gasteiger partial charge in [-0.3, -0.25) is 4.79 Å². The Hall–Kier alpha value is -2.12. The first kappa shape index (κ1) is 15.3. The number of carbonyl (C=O) groups excluding carboxylic acids is 1. The van der Waals surface area contributed by atoms with Crippen molar-refractivity contribution in [3.05, 3.63) is 52.0 Å². The van der Waals surface area contributed by atoms with E-state index in [9.17, 15) is 15.0 Å². The number of rotatable bonds is 3. The van der Waals surface area contributed by atoms with E-state index in [2.05, 4.69) is 21.2 Å². The minimum atomic E-state index is -0.584. The van der Waals surface area contributed by atoms with E-state index >= 15 is 0 Å². The summed E-state index contributed by atoms with van der Waals surface area (Å²) in [5.41, 5.74) is 6.46. The number of carbonyl (C=O) groups is 1. The fourth-order valence-electron chi connectivity index (χ4n) is 1.73. The number of benzene rings is 2. The zero-order valence-corrected chi connectivity index (χ0v) is 13.0. The van der Waals surface area contributed by atoms with Gasteiger partial charge in [0.05, 0.1) is 11.3 Å². The molecule has 0 heterocycles. The normalized spacial score (nSPS) is 10.1. The second kappa shape index (κ2) is 6.11. The second-order valence-electron chi connectivity index (χ2n) is 4.21. The zero-order valence-electron chi connectivity index (χ0n) is 10.6. The van der Waals surface area contributed by atoms with E-state index in [1.165, 1.54) is 18.2 Å². The van der Waals surface area contributed by atoms with Gasteiger partial charge in [-0.15, -0.1) is 0 Å². The first-order valence-corrected chi connectivity index (χ1v) is 7.01. The van der Waals surface area contributed by atoms with E-state index in [4.69, 9.17) is 18.0 Å². The van der Waals surface area contributed by atoms with Crippen molar-refractivity contribution < 1.29 is 15.0 Å². The van der Waals surface area contributed by atoms with Crippen LogP contribution in [0.15, 0.2) is 40.9 Å². The number of anilines is 1. The van der Waals surface area contributed by atoms with Gasteiger partial charge in [0, 0.05) is 10.0 Å². The average Bonchev–Trinajstić information content (AvgIpc) is 2.41. The molecule has 5 N–H and O–H groups in total. The summed E-state index contributed by atoms with van der Waals surface area (Å²) in [4.78, 5) is 12.3. The molecule has 0 spiro atoms. The molecule has 0 aliphatic heterocycles. The van der Waals surface area contributed by atoms with Crippen molar-refractivity contribution in [2.24, 2.45) is 5.73 Å². The van der Waals surface area contributed by atoms with Gasteiger partial charge in [-0.1, -0.05) is 28.1 Å². The second-order valence-corrected chi connectivity index (χ2v) is 5.57. The Bertz CT molecular complexity index is 734. The molecule has 0 aromatic heterocycles. The third-order valence-electron chi connectivity index (χ3n) is 2.72. The molecule has 0 atom stereocenters. The number of halogens is 1. The van der Waals surface area contributed by atoms with Crippen LogP contribution in [0.4, 0.5) is 5.69 Å². The molecule has 2 aromatic carbocycles. The van der Waals surface area contributed by atoms with Crippen molar-refractivity contribution in [2.75, 3.05) is 5.32 Å². The predicted molar refractivity (Wildman–Crippen MR) is 87.8 cm³/mol. The van der Waals surface area contributed by atoms with Crippen molar-refractivity contribution >= 4 is 44.7 Å². The van der Waals surface area contributed by atoms with Crippen molar-refractivity contribution in [2.45, 2.75) is 0 Å². The molecular weight excluding hydrogens is 356 g/mol. The van der Waals surface area contributed by atoms with Crippen LogP contribution in [0.2, 0.25) is 0 Å². The van der Waals surface area contributed by atoms with Crippen molar-refractivity contribution in [3.8, 4) is 11.5 Å². The lowest BCUT2D eigenvalue weighted by Gasteiger charge is -2.11. The number of nitrogens with two attached hydrogens (primary N) is 1. The third-order valence-corrected chi connectivity index (χ3v) is 3.43. The standard InChI is InChI=1S/C14H11BrN2O3S/c15-7-1-3-9(13(16)21)11(5-7)17-14(20)10-6-8(18)2-4-12(10)19/h1-6,18-19H,(H2,16,21)(H,17,20). The van der Waals surface area contributed by atoms with E-state index < -0.39 is 5.91 Å². The summed E-state index contributed by atoms with van der Waals surface area (Å²) in [6, 6.07) is 8.75.